The number of hydrogen-bond donors (Lipinski definition) is 1. The monoisotopic (exact) mass is 274 g/mol. The van der Waals surface area contributed by atoms with Crippen LogP contribution in [0.25, 0.3) is 0 Å². The van der Waals surface area contributed by atoms with Gasteiger partial charge in [0.05, 0.1) is 13.2 Å². The van der Waals surface area contributed by atoms with E-state index >= 15 is 0 Å². The number of aryl methyl sites for hydroxylation is 1. The van der Waals surface area contributed by atoms with Crippen molar-refractivity contribution in [1.82, 2.24) is 5.32 Å². The number of ether oxygens (including phenoxy) is 1. The summed E-state index contributed by atoms with van der Waals surface area (Å²) >= 11 is 0. The number of piperidine rings is 1. The summed E-state index contributed by atoms with van der Waals surface area (Å²) in [7, 11) is 0. The molecule has 0 aromatic heterocycles. The molecule has 1 N–H and O–H groups in total. The highest BCUT2D eigenvalue weighted by Gasteiger charge is 2.19. The fraction of sp³-hybridized carbons (Fsp3) is 0.647. The highest BCUT2D eigenvalue weighted by Crippen LogP contribution is 2.27. The van der Waals surface area contributed by atoms with Gasteiger partial charge in [-0.2, -0.15) is 0 Å². The summed E-state index contributed by atoms with van der Waals surface area (Å²) < 4.78 is 5.49. The molecule has 0 bridgehead atoms. The zero-order valence-corrected chi connectivity index (χ0v) is 12.5. The van der Waals surface area contributed by atoms with Crippen LogP contribution >= 0.6 is 0 Å². The number of morpholine rings is 1. The summed E-state index contributed by atoms with van der Waals surface area (Å²) in [5.41, 5.74) is 4.32. The Morgan fingerprint density at radius 3 is 2.90 bits per heavy atom. The zero-order valence-electron chi connectivity index (χ0n) is 12.5. The van der Waals surface area contributed by atoms with E-state index in [1.165, 1.54) is 49.2 Å². The molecule has 0 saturated carbocycles. The van der Waals surface area contributed by atoms with Crippen molar-refractivity contribution in [3.63, 3.8) is 0 Å². The van der Waals surface area contributed by atoms with Gasteiger partial charge in [0.25, 0.3) is 0 Å². The fourth-order valence-corrected chi connectivity index (χ4v) is 3.35. The summed E-state index contributed by atoms with van der Waals surface area (Å²) in [6.07, 6.45) is 3.90. The van der Waals surface area contributed by atoms with Crippen LogP contribution in [0, 0.1) is 12.8 Å². The van der Waals surface area contributed by atoms with Crippen LogP contribution < -0.4 is 10.2 Å². The topological polar surface area (TPSA) is 24.5 Å². The lowest BCUT2D eigenvalue weighted by atomic mass is 9.91. The molecule has 0 radical (unpaired) electrons. The van der Waals surface area contributed by atoms with Crippen LogP contribution in [0.1, 0.15) is 24.0 Å². The molecule has 0 spiro atoms. The lowest BCUT2D eigenvalue weighted by molar-refractivity contribution is 0.122. The van der Waals surface area contributed by atoms with Gasteiger partial charge in [0.2, 0.25) is 0 Å². The summed E-state index contributed by atoms with van der Waals surface area (Å²) in [6.45, 7) is 8.34. The van der Waals surface area contributed by atoms with Gasteiger partial charge in [-0.25, -0.2) is 0 Å². The summed E-state index contributed by atoms with van der Waals surface area (Å²) in [5.74, 6) is 0.797. The Bertz CT molecular complexity index is 435. The van der Waals surface area contributed by atoms with Gasteiger partial charge in [0.1, 0.15) is 0 Å². The van der Waals surface area contributed by atoms with E-state index in [9.17, 15) is 0 Å². The van der Waals surface area contributed by atoms with Gasteiger partial charge in [0.15, 0.2) is 0 Å². The molecule has 0 aliphatic carbocycles. The number of hydrogen-bond acceptors (Lipinski definition) is 3. The molecule has 2 aliphatic rings. The minimum absolute atomic E-state index is 0.797. The smallest absolute Gasteiger partial charge is 0.0642 e. The van der Waals surface area contributed by atoms with Crippen LogP contribution in [-0.2, 0) is 11.2 Å². The van der Waals surface area contributed by atoms with Gasteiger partial charge < -0.3 is 15.0 Å². The number of rotatable bonds is 3. The molecule has 2 saturated heterocycles. The number of benzene rings is 1. The van der Waals surface area contributed by atoms with Crippen molar-refractivity contribution in [2.45, 2.75) is 26.2 Å². The Morgan fingerprint density at radius 1 is 1.30 bits per heavy atom. The Balaban J connectivity index is 1.77. The van der Waals surface area contributed by atoms with Crippen molar-refractivity contribution in [2.24, 2.45) is 5.92 Å². The molecule has 1 aromatic rings. The Labute approximate surface area is 122 Å². The third-order valence-corrected chi connectivity index (χ3v) is 4.50. The number of anilines is 1. The maximum Gasteiger partial charge on any atom is 0.0642 e. The van der Waals surface area contributed by atoms with Crippen LogP contribution in [-0.4, -0.2) is 39.4 Å². The second kappa shape index (κ2) is 6.59. The van der Waals surface area contributed by atoms with Crippen LogP contribution in [0.15, 0.2) is 18.2 Å². The van der Waals surface area contributed by atoms with Gasteiger partial charge in [-0.15, -0.1) is 0 Å². The van der Waals surface area contributed by atoms with Crippen molar-refractivity contribution >= 4 is 5.69 Å². The van der Waals surface area contributed by atoms with E-state index in [1.807, 2.05) is 0 Å². The van der Waals surface area contributed by atoms with E-state index in [0.717, 1.165) is 32.2 Å². The maximum atomic E-state index is 5.49. The second-order valence-corrected chi connectivity index (χ2v) is 6.15. The molecule has 110 valence electrons. The first kappa shape index (κ1) is 13.9. The summed E-state index contributed by atoms with van der Waals surface area (Å²) in [4.78, 5) is 2.50. The molecule has 1 atom stereocenters. The van der Waals surface area contributed by atoms with Gasteiger partial charge in [-0.05, 0) is 62.4 Å². The Kier molecular flexibility index (Phi) is 4.58. The van der Waals surface area contributed by atoms with Crippen molar-refractivity contribution in [3.05, 3.63) is 29.3 Å². The molecule has 3 heteroatoms. The molecular weight excluding hydrogens is 248 g/mol. The molecule has 3 rings (SSSR count). The van der Waals surface area contributed by atoms with Crippen molar-refractivity contribution in [2.75, 3.05) is 44.3 Å². The van der Waals surface area contributed by atoms with E-state index < -0.39 is 0 Å². The average molecular weight is 274 g/mol. The van der Waals surface area contributed by atoms with Gasteiger partial charge in [0, 0.05) is 18.8 Å². The quantitative estimate of drug-likeness (QED) is 0.916. The SMILES string of the molecule is Cc1ccc(CC2CCCNC2)c(N2CCOCC2)c1. The molecule has 3 nitrogen and oxygen atoms in total. The Hall–Kier alpha value is -1.06. The highest BCUT2D eigenvalue weighted by atomic mass is 16.5. The first-order valence-electron chi connectivity index (χ1n) is 7.96. The first-order chi connectivity index (χ1) is 9.83. The molecule has 1 aromatic carbocycles. The normalized spacial score (nSPS) is 23.9. The van der Waals surface area contributed by atoms with Crippen LogP contribution in [0.5, 0.6) is 0 Å². The van der Waals surface area contributed by atoms with Gasteiger partial charge in [-0.1, -0.05) is 12.1 Å². The number of nitrogens with one attached hydrogen (secondary N) is 1. The molecule has 1 unspecified atom stereocenters. The predicted octanol–water partition coefficient (Wildman–Crippen LogP) is 2.37. The molecule has 0 amide bonds. The average Bonchev–Trinajstić information content (AvgIpc) is 2.51. The van der Waals surface area contributed by atoms with E-state index in [0.29, 0.717) is 0 Å². The van der Waals surface area contributed by atoms with Gasteiger partial charge in [-0.3, -0.25) is 0 Å². The van der Waals surface area contributed by atoms with Crippen LogP contribution in [0.2, 0.25) is 0 Å². The predicted molar refractivity (Wildman–Crippen MR) is 83.5 cm³/mol. The molecule has 2 aliphatic heterocycles. The fourth-order valence-electron chi connectivity index (χ4n) is 3.35. The molecule has 2 fully saturated rings. The molecular formula is C17H26N2O. The van der Waals surface area contributed by atoms with Crippen molar-refractivity contribution in [1.29, 1.82) is 0 Å². The Morgan fingerprint density at radius 2 is 2.15 bits per heavy atom. The third kappa shape index (κ3) is 3.33. The molecule has 20 heavy (non-hydrogen) atoms. The first-order valence-corrected chi connectivity index (χ1v) is 7.96. The lowest BCUT2D eigenvalue weighted by Gasteiger charge is -2.32. The second-order valence-electron chi connectivity index (χ2n) is 6.15. The minimum atomic E-state index is 0.797. The highest BCUT2D eigenvalue weighted by molar-refractivity contribution is 5.56. The minimum Gasteiger partial charge on any atom is -0.378 e. The third-order valence-electron chi connectivity index (χ3n) is 4.50. The van der Waals surface area contributed by atoms with Gasteiger partial charge >= 0.3 is 0 Å². The van der Waals surface area contributed by atoms with E-state index in [-0.39, 0.29) is 0 Å². The summed E-state index contributed by atoms with van der Waals surface area (Å²) in [6, 6.07) is 6.96. The molecule has 2 heterocycles. The van der Waals surface area contributed by atoms with Crippen molar-refractivity contribution in [3.8, 4) is 0 Å². The maximum absolute atomic E-state index is 5.49. The standard InChI is InChI=1S/C17H26N2O/c1-14-4-5-16(12-15-3-2-6-18-13-15)17(11-14)19-7-9-20-10-8-19/h4-5,11,15,18H,2-3,6-10,12-13H2,1H3. The van der Waals surface area contributed by atoms with Crippen molar-refractivity contribution < 1.29 is 4.74 Å². The van der Waals surface area contributed by atoms with E-state index in [2.05, 4.69) is 35.3 Å². The van der Waals surface area contributed by atoms with E-state index in [4.69, 9.17) is 4.74 Å². The van der Waals surface area contributed by atoms with E-state index in [1.54, 1.807) is 0 Å². The zero-order chi connectivity index (χ0) is 13.8. The largest absolute Gasteiger partial charge is 0.378 e. The van der Waals surface area contributed by atoms with Crippen LogP contribution in [0.4, 0.5) is 5.69 Å². The lowest BCUT2D eigenvalue weighted by Crippen LogP contribution is -2.37. The summed E-state index contributed by atoms with van der Waals surface area (Å²) in [5, 5.41) is 3.53. The van der Waals surface area contributed by atoms with Crippen LogP contribution in [0.3, 0.4) is 0 Å². The number of nitrogens with zero attached hydrogens (tertiary/aromatic N) is 1.